The average Bonchev–Trinajstić information content (AvgIpc) is 2.90. The summed E-state index contributed by atoms with van der Waals surface area (Å²) in [6.07, 6.45) is 6.34. The van der Waals surface area contributed by atoms with E-state index in [1.54, 1.807) is 12.5 Å². The molecule has 2 aromatic heterocycles. The molecule has 2 aromatic rings. The number of nitrogens with one attached hydrogen (secondary N) is 2. The maximum Gasteiger partial charge on any atom is 0.213 e. The smallest absolute Gasteiger partial charge is 0.213 e. The number of rotatable bonds is 8. The van der Waals surface area contributed by atoms with Gasteiger partial charge in [0.25, 0.3) is 0 Å². The van der Waals surface area contributed by atoms with E-state index in [2.05, 4.69) is 39.4 Å². The van der Waals surface area contributed by atoms with Crippen molar-refractivity contribution in [2.24, 2.45) is 0 Å². The second kappa shape index (κ2) is 7.61. The van der Waals surface area contributed by atoms with Gasteiger partial charge in [-0.3, -0.25) is 0 Å². The van der Waals surface area contributed by atoms with E-state index >= 15 is 0 Å². The molecular weight excluding hydrogens is 266 g/mol. The van der Waals surface area contributed by atoms with Gasteiger partial charge >= 0.3 is 0 Å². The van der Waals surface area contributed by atoms with Crippen molar-refractivity contribution in [2.45, 2.75) is 46.6 Å². The molecule has 0 amide bonds. The van der Waals surface area contributed by atoms with Crippen molar-refractivity contribution < 1.29 is 4.42 Å². The first-order valence-corrected chi connectivity index (χ1v) is 7.47. The summed E-state index contributed by atoms with van der Waals surface area (Å²) in [6, 6.07) is 0. The molecule has 2 heterocycles. The van der Waals surface area contributed by atoms with Crippen molar-refractivity contribution in [3.8, 4) is 0 Å². The van der Waals surface area contributed by atoms with E-state index in [9.17, 15) is 0 Å². The number of aryl methyl sites for hydroxylation is 1. The van der Waals surface area contributed by atoms with Crippen molar-refractivity contribution in [3.63, 3.8) is 0 Å². The first-order chi connectivity index (χ1) is 10.2. The van der Waals surface area contributed by atoms with Crippen LogP contribution in [-0.2, 0) is 13.0 Å². The largest absolute Gasteiger partial charge is 0.444 e. The van der Waals surface area contributed by atoms with Gasteiger partial charge in [-0.1, -0.05) is 20.3 Å². The van der Waals surface area contributed by atoms with Crippen molar-refractivity contribution in [1.82, 2.24) is 15.0 Å². The van der Waals surface area contributed by atoms with Crippen LogP contribution < -0.4 is 10.6 Å². The molecule has 0 aliphatic rings. The van der Waals surface area contributed by atoms with E-state index in [-0.39, 0.29) is 0 Å². The number of nitrogens with zero attached hydrogens (tertiary/aromatic N) is 3. The van der Waals surface area contributed by atoms with E-state index in [1.807, 2.05) is 6.92 Å². The van der Waals surface area contributed by atoms with Crippen LogP contribution >= 0.6 is 0 Å². The van der Waals surface area contributed by atoms with Crippen molar-refractivity contribution in [1.29, 1.82) is 0 Å². The average molecular weight is 289 g/mol. The molecule has 0 saturated heterocycles. The molecule has 0 fully saturated rings. The highest BCUT2D eigenvalue weighted by atomic mass is 16.4. The fourth-order valence-electron chi connectivity index (χ4n) is 2.09. The molecule has 6 heteroatoms. The SMILES string of the molecule is CCCNc1ncnc(NCc2ncc(C)o2)c1CCC. The summed E-state index contributed by atoms with van der Waals surface area (Å²) in [6.45, 7) is 7.60. The van der Waals surface area contributed by atoms with Gasteiger partial charge in [-0.15, -0.1) is 0 Å². The third-order valence-electron chi connectivity index (χ3n) is 3.06. The number of oxazole rings is 1. The summed E-state index contributed by atoms with van der Waals surface area (Å²) in [5.74, 6) is 3.24. The zero-order valence-electron chi connectivity index (χ0n) is 12.9. The lowest BCUT2D eigenvalue weighted by Gasteiger charge is -2.14. The Balaban J connectivity index is 2.12. The van der Waals surface area contributed by atoms with E-state index in [4.69, 9.17) is 4.42 Å². The summed E-state index contributed by atoms with van der Waals surface area (Å²) in [4.78, 5) is 12.9. The third-order valence-corrected chi connectivity index (χ3v) is 3.06. The van der Waals surface area contributed by atoms with Crippen LogP contribution in [0.25, 0.3) is 0 Å². The fraction of sp³-hybridized carbons (Fsp3) is 0.533. The van der Waals surface area contributed by atoms with Crippen LogP contribution in [0.3, 0.4) is 0 Å². The van der Waals surface area contributed by atoms with Crippen LogP contribution in [0.1, 0.15) is 43.9 Å². The van der Waals surface area contributed by atoms with Gasteiger partial charge < -0.3 is 15.1 Å². The summed E-state index contributed by atoms with van der Waals surface area (Å²) in [5, 5.41) is 6.66. The van der Waals surface area contributed by atoms with Crippen LogP contribution in [0.5, 0.6) is 0 Å². The Morgan fingerprint density at radius 1 is 1.05 bits per heavy atom. The maximum atomic E-state index is 5.47. The predicted octanol–water partition coefficient (Wildman–Crippen LogP) is 3.16. The van der Waals surface area contributed by atoms with Crippen LogP contribution in [0.2, 0.25) is 0 Å². The van der Waals surface area contributed by atoms with E-state index in [1.165, 1.54) is 0 Å². The van der Waals surface area contributed by atoms with Crippen LogP contribution in [0, 0.1) is 6.92 Å². The zero-order valence-corrected chi connectivity index (χ0v) is 12.9. The number of anilines is 2. The number of hydrogen-bond donors (Lipinski definition) is 2. The van der Waals surface area contributed by atoms with E-state index < -0.39 is 0 Å². The van der Waals surface area contributed by atoms with Gasteiger partial charge in [0.05, 0.1) is 12.7 Å². The molecule has 2 N–H and O–H groups in total. The Morgan fingerprint density at radius 2 is 1.81 bits per heavy atom. The topological polar surface area (TPSA) is 75.9 Å². The third kappa shape index (κ3) is 4.18. The molecule has 0 bridgehead atoms. The highest BCUT2D eigenvalue weighted by Crippen LogP contribution is 2.22. The van der Waals surface area contributed by atoms with Crippen molar-refractivity contribution >= 4 is 11.6 Å². The standard InChI is InChI=1S/C15H23N5O/c1-4-6-12-14(16-7-5-2)19-10-20-15(12)18-9-13-17-8-11(3)21-13/h8,10H,4-7,9H2,1-3H3,(H2,16,18,19,20). The number of hydrogen-bond acceptors (Lipinski definition) is 6. The Hall–Kier alpha value is -2.11. The fourth-order valence-corrected chi connectivity index (χ4v) is 2.09. The van der Waals surface area contributed by atoms with Gasteiger partial charge in [-0.25, -0.2) is 15.0 Å². The molecular formula is C15H23N5O. The molecule has 0 aliphatic heterocycles. The zero-order chi connectivity index (χ0) is 15.1. The lowest BCUT2D eigenvalue weighted by atomic mass is 10.1. The van der Waals surface area contributed by atoms with Gasteiger partial charge in [0.1, 0.15) is 23.7 Å². The lowest BCUT2D eigenvalue weighted by Crippen LogP contribution is -2.11. The first-order valence-electron chi connectivity index (χ1n) is 7.47. The predicted molar refractivity (Wildman–Crippen MR) is 83.4 cm³/mol. The van der Waals surface area contributed by atoms with Crippen LogP contribution in [0.4, 0.5) is 11.6 Å². The summed E-state index contributed by atoms with van der Waals surface area (Å²) >= 11 is 0. The van der Waals surface area contributed by atoms with Crippen molar-refractivity contribution in [2.75, 3.05) is 17.2 Å². The molecule has 0 unspecified atom stereocenters. The summed E-state index contributed by atoms with van der Waals surface area (Å²) < 4.78 is 5.47. The Labute approximate surface area is 125 Å². The quantitative estimate of drug-likeness (QED) is 0.777. The van der Waals surface area contributed by atoms with Crippen LogP contribution in [0.15, 0.2) is 16.9 Å². The molecule has 114 valence electrons. The minimum Gasteiger partial charge on any atom is -0.444 e. The van der Waals surface area contributed by atoms with E-state index in [0.717, 1.165) is 48.8 Å². The molecule has 0 aliphatic carbocycles. The molecule has 0 saturated carbocycles. The van der Waals surface area contributed by atoms with Gasteiger partial charge in [0.2, 0.25) is 5.89 Å². The molecule has 0 radical (unpaired) electrons. The summed E-state index contributed by atoms with van der Waals surface area (Å²) in [7, 11) is 0. The molecule has 21 heavy (non-hydrogen) atoms. The number of aromatic nitrogens is 3. The second-order valence-electron chi connectivity index (χ2n) is 4.94. The Kier molecular flexibility index (Phi) is 5.54. The van der Waals surface area contributed by atoms with Gasteiger partial charge in [0.15, 0.2) is 0 Å². The molecule has 0 atom stereocenters. The first kappa shape index (κ1) is 15.3. The highest BCUT2D eigenvalue weighted by Gasteiger charge is 2.11. The summed E-state index contributed by atoms with van der Waals surface area (Å²) in [5.41, 5.74) is 1.12. The Morgan fingerprint density at radius 3 is 2.43 bits per heavy atom. The molecule has 0 aromatic carbocycles. The van der Waals surface area contributed by atoms with Gasteiger partial charge in [-0.2, -0.15) is 0 Å². The normalized spacial score (nSPS) is 10.6. The molecule has 2 rings (SSSR count). The molecule has 6 nitrogen and oxygen atoms in total. The highest BCUT2D eigenvalue weighted by molar-refractivity contribution is 5.57. The lowest BCUT2D eigenvalue weighted by molar-refractivity contribution is 0.478. The van der Waals surface area contributed by atoms with Crippen molar-refractivity contribution in [3.05, 3.63) is 29.7 Å². The monoisotopic (exact) mass is 289 g/mol. The minimum atomic E-state index is 0.523. The van der Waals surface area contributed by atoms with E-state index in [0.29, 0.717) is 12.4 Å². The van der Waals surface area contributed by atoms with Gasteiger partial charge in [0, 0.05) is 12.1 Å². The molecule has 0 spiro atoms. The maximum absolute atomic E-state index is 5.47. The Bertz CT molecular complexity index is 567. The van der Waals surface area contributed by atoms with Gasteiger partial charge in [-0.05, 0) is 19.8 Å². The second-order valence-corrected chi connectivity index (χ2v) is 4.94. The van der Waals surface area contributed by atoms with Crippen LogP contribution in [-0.4, -0.2) is 21.5 Å². The minimum absolute atomic E-state index is 0.523.